The fourth-order valence-corrected chi connectivity index (χ4v) is 254. The van der Waals surface area contributed by atoms with Gasteiger partial charge in [0.1, 0.15) is 0 Å². The van der Waals surface area contributed by atoms with Crippen molar-refractivity contribution in [1.82, 2.24) is 0 Å². The zero-order valence-corrected chi connectivity index (χ0v) is 34.8. The first-order valence-electron chi connectivity index (χ1n) is 14.8. The van der Waals surface area contributed by atoms with Crippen molar-refractivity contribution in [3.63, 3.8) is 0 Å². The van der Waals surface area contributed by atoms with Crippen LogP contribution in [0.1, 0.15) is 59.3 Å². The molecule has 3 heterocycles. The van der Waals surface area contributed by atoms with E-state index in [-0.39, 0.29) is 0 Å². The summed E-state index contributed by atoms with van der Waals surface area (Å²) in [6.45, 7) is 44.2. The molecule has 3 aliphatic rings. The van der Waals surface area contributed by atoms with Crippen molar-refractivity contribution in [2.45, 2.75) is 158 Å². The van der Waals surface area contributed by atoms with Gasteiger partial charge in [-0.1, -0.05) is 0 Å². The summed E-state index contributed by atoms with van der Waals surface area (Å²) in [5, 5.41) is 0. The summed E-state index contributed by atoms with van der Waals surface area (Å²) in [7, 11) is -7.86. The maximum atomic E-state index is 3.10. The summed E-state index contributed by atoms with van der Waals surface area (Å²) in [5.74, 6) is 0. The third kappa shape index (κ3) is 3.65. The molecule has 0 nitrogen and oxygen atoms in total. The van der Waals surface area contributed by atoms with Gasteiger partial charge < -0.3 is 0 Å². The van der Waals surface area contributed by atoms with E-state index in [9.17, 15) is 0 Å². The molecule has 2 bridgehead atoms. The number of rotatable bonds is 10. The van der Waals surface area contributed by atoms with Crippen molar-refractivity contribution >= 4 is 63.9 Å². The molecule has 0 aliphatic carbocycles. The van der Waals surface area contributed by atoms with Crippen LogP contribution in [0.25, 0.3) is 0 Å². The zero-order chi connectivity index (χ0) is 25.9. The monoisotopic (exact) mass is 664 g/mol. The third-order valence-corrected chi connectivity index (χ3v) is 151. The molecule has 33 heavy (non-hydrogen) atoms. The van der Waals surface area contributed by atoms with Gasteiger partial charge in [0.2, 0.25) is 0 Å². The van der Waals surface area contributed by atoms with Crippen LogP contribution in [0.3, 0.4) is 0 Å². The van der Waals surface area contributed by atoms with Gasteiger partial charge in [-0.05, 0) is 0 Å². The topological polar surface area (TPSA) is 0 Å². The summed E-state index contributed by atoms with van der Waals surface area (Å²) in [5.41, 5.74) is 0. The second-order valence-corrected chi connectivity index (χ2v) is 84.0. The number of hydrogen-bond acceptors (Lipinski definition) is 0. The zero-order valence-electron chi connectivity index (χ0n) is 25.9. The van der Waals surface area contributed by atoms with E-state index < -0.39 is 63.9 Å². The predicted octanol–water partition coefficient (Wildman–Crippen LogP) is 10.2. The number of fused-ring (bicyclic) bond motifs is 3. The van der Waals surface area contributed by atoms with Crippen LogP contribution in [0.15, 0.2) is 0 Å². The molecule has 0 saturated carbocycles. The van der Waals surface area contributed by atoms with Crippen molar-refractivity contribution in [3.05, 3.63) is 0 Å². The standard InChI is InChI=1S/C14H37Si6.3C4H9.Sn/c1-15(2)13-17(5,6)19(9,10)14(16(15,3)4)20(11,12)18(13,7)8;3*1-3-4-2;/h13H,1-12H3;3*1,3-4H2,2H3;. The van der Waals surface area contributed by atoms with E-state index >= 15 is 0 Å². The number of unbranched alkanes of at least 4 members (excludes halogenated alkanes) is 3. The first kappa shape index (κ1) is 31.3. The summed E-state index contributed by atoms with van der Waals surface area (Å²) >= 11 is -2.54. The van der Waals surface area contributed by atoms with Gasteiger partial charge in [-0.25, -0.2) is 0 Å². The molecule has 0 aromatic heterocycles. The van der Waals surface area contributed by atoms with E-state index in [0.29, 0.717) is 0 Å². The van der Waals surface area contributed by atoms with Gasteiger partial charge in [-0.3, -0.25) is 0 Å². The van der Waals surface area contributed by atoms with Gasteiger partial charge in [0, 0.05) is 0 Å². The Labute approximate surface area is 220 Å². The Morgan fingerprint density at radius 1 is 0.485 bits per heavy atom. The molecule has 0 spiro atoms. The molecular formula is C26H64Si6Sn. The Bertz CT molecular complexity index is 618. The summed E-state index contributed by atoms with van der Waals surface area (Å²) in [6, 6.07) is 0. The molecule has 0 radical (unpaired) electrons. The normalized spacial score (nSPS) is 32.6. The van der Waals surface area contributed by atoms with Crippen LogP contribution in [0.4, 0.5) is 0 Å². The van der Waals surface area contributed by atoms with E-state index in [0.717, 1.165) is 2.30 Å². The minimum absolute atomic E-state index is 1.05. The maximum absolute atomic E-state index is 3.10. The molecule has 0 amide bonds. The van der Waals surface area contributed by atoms with Crippen molar-refractivity contribution in [2.75, 3.05) is 0 Å². The van der Waals surface area contributed by atoms with Crippen LogP contribution < -0.4 is 0 Å². The van der Waals surface area contributed by atoms with Gasteiger partial charge in [0.05, 0.1) is 0 Å². The molecule has 3 rings (SSSR count). The van der Waals surface area contributed by atoms with Crippen LogP contribution in [0.5, 0.6) is 0 Å². The molecule has 196 valence electrons. The van der Waals surface area contributed by atoms with E-state index in [4.69, 9.17) is 0 Å². The predicted molar refractivity (Wildman–Crippen MR) is 176 cm³/mol. The summed E-state index contributed by atoms with van der Waals surface area (Å²) in [6.07, 6.45) is 9.10. The Balaban J connectivity index is 3.16. The first-order valence-corrected chi connectivity index (χ1v) is 43.5. The second-order valence-electron chi connectivity index (χ2n) is 15.8. The van der Waals surface area contributed by atoms with Gasteiger partial charge in [-0.2, -0.15) is 0 Å². The summed E-state index contributed by atoms with van der Waals surface area (Å²) < 4.78 is 6.42. The third-order valence-electron chi connectivity index (χ3n) is 13.6. The van der Waals surface area contributed by atoms with Crippen LogP contribution in [0.2, 0.25) is 99.0 Å². The number of hydrogen-bond donors (Lipinski definition) is 0. The molecule has 0 aromatic rings. The molecule has 0 aromatic carbocycles. The molecule has 3 saturated heterocycles. The Morgan fingerprint density at radius 2 is 0.727 bits per heavy atom. The van der Waals surface area contributed by atoms with Crippen LogP contribution in [0, 0.1) is 0 Å². The van der Waals surface area contributed by atoms with E-state index in [2.05, 4.69) is 99.3 Å². The molecule has 7 heteroatoms. The van der Waals surface area contributed by atoms with Gasteiger partial charge in [0.15, 0.2) is 0 Å². The fraction of sp³-hybridized carbons (Fsp3) is 1.00. The van der Waals surface area contributed by atoms with E-state index in [1.165, 1.54) is 24.1 Å². The van der Waals surface area contributed by atoms with Crippen molar-refractivity contribution in [3.8, 4) is 0 Å². The van der Waals surface area contributed by atoms with Crippen LogP contribution in [-0.4, -0.2) is 63.9 Å². The Hall–Kier alpha value is 2.10. The molecule has 0 unspecified atom stereocenters. The van der Waals surface area contributed by atoms with Gasteiger partial charge >= 0.3 is 222 Å². The van der Waals surface area contributed by atoms with Crippen LogP contribution in [-0.2, 0) is 0 Å². The van der Waals surface area contributed by atoms with Gasteiger partial charge in [-0.15, -0.1) is 0 Å². The Kier molecular flexibility index (Phi) is 9.19. The average molecular weight is 664 g/mol. The van der Waals surface area contributed by atoms with Crippen LogP contribution >= 0.6 is 0 Å². The Morgan fingerprint density at radius 3 is 0.939 bits per heavy atom. The molecule has 3 fully saturated rings. The minimum atomic E-state index is -2.54. The second kappa shape index (κ2) is 9.69. The summed E-state index contributed by atoms with van der Waals surface area (Å²) in [4.78, 5) is 1.32. The van der Waals surface area contributed by atoms with E-state index in [1.54, 1.807) is 32.6 Å². The molecule has 0 N–H and O–H groups in total. The van der Waals surface area contributed by atoms with Crippen molar-refractivity contribution < 1.29 is 0 Å². The first-order chi connectivity index (χ1) is 14.8. The van der Waals surface area contributed by atoms with Crippen molar-refractivity contribution in [1.29, 1.82) is 0 Å². The fourth-order valence-electron chi connectivity index (χ4n) is 12.1. The molecule has 0 atom stereocenters. The quantitative estimate of drug-likeness (QED) is 0.204. The molecular weight excluding hydrogens is 600 g/mol. The van der Waals surface area contributed by atoms with E-state index in [1.807, 2.05) is 0 Å². The molecule has 3 aliphatic heterocycles. The average Bonchev–Trinajstić information content (AvgIpc) is 2.65. The van der Waals surface area contributed by atoms with Crippen molar-refractivity contribution in [2.24, 2.45) is 0 Å². The SMILES string of the molecule is CCC[CH2][Sn]([CH2]CCC)([CH2]CCC)[C]12[Si](C)(C)[Si](C)(C)C([Si](C)(C)[Si]1(C)C)[Si](C)(C)[Si]2(C)C. The van der Waals surface area contributed by atoms with Gasteiger partial charge in [0.25, 0.3) is 0 Å².